The van der Waals surface area contributed by atoms with Crippen LogP contribution in [0.3, 0.4) is 0 Å². The van der Waals surface area contributed by atoms with E-state index >= 15 is 0 Å². The summed E-state index contributed by atoms with van der Waals surface area (Å²) in [4.78, 5) is 13.0. The van der Waals surface area contributed by atoms with Gasteiger partial charge in [-0.2, -0.15) is 9.97 Å². The summed E-state index contributed by atoms with van der Waals surface area (Å²) in [6.45, 7) is 1.88. The molecular formula is C16H19BrN6O2. The van der Waals surface area contributed by atoms with E-state index in [0.717, 1.165) is 11.1 Å². The zero-order valence-electron chi connectivity index (χ0n) is 13.8. The third kappa shape index (κ3) is 3.89. The number of hydrogen-bond donors (Lipinski definition) is 2. The van der Waals surface area contributed by atoms with Gasteiger partial charge in [-0.25, -0.2) is 4.98 Å². The molecular weight excluding hydrogens is 388 g/mol. The van der Waals surface area contributed by atoms with E-state index in [1.54, 1.807) is 7.11 Å². The maximum absolute atomic E-state index is 6.00. The largest absolute Gasteiger partial charge is 0.461 e. The second kappa shape index (κ2) is 7.77. The predicted molar refractivity (Wildman–Crippen MR) is 98.2 cm³/mol. The van der Waals surface area contributed by atoms with Crippen molar-refractivity contribution >= 4 is 32.9 Å². The molecule has 9 heteroatoms. The monoisotopic (exact) mass is 406 g/mol. The fraction of sp³-hybridized carbons (Fsp3) is 0.312. The summed E-state index contributed by atoms with van der Waals surface area (Å²) in [7, 11) is 1.60. The Morgan fingerprint density at radius 1 is 1.08 bits per heavy atom. The number of rotatable bonds is 7. The van der Waals surface area contributed by atoms with Gasteiger partial charge in [-0.3, -0.25) is 4.57 Å². The summed E-state index contributed by atoms with van der Waals surface area (Å²) >= 11 is 3.47. The predicted octanol–water partition coefficient (Wildman–Crippen LogP) is 1.70. The first kappa shape index (κ1) is 17.6. The van der Waals surface area contributed by atoms with Gasteiger partial charge in [-0.05, 0) is 27.1 Å². The molecule has 3 rings (SSSR count). The molecule has 8 nitrogen and oxygen atoms in total. The summed E-state index contributed by atoms with van der Waals surface area (Å²) < 4.78 is 13.0. The van der Waals surface area contributed by atoms with Gasteiger partial charge >= 0.3 is 6.01 Å². The number of fused-ring (bicyclic) bond motifs is 1. The number of nitrogen functional groups attached to an aromatic ring is 1. The molecule has 0 saturated carbocycles. The van der Waals surface area contributed by atoms with Gasteiger partial charge in [0.15, 0.2) is 21.7 Å². The summed E-state index contributed by atoms with van der Waals surface area (Å²) in [5, 5.41) is 0. The van der Waals surface area contributed by atoms with Crippen LogP contribution < -0.4 is 16.2 Å². The molecule has 0 aliphatic carbocycles. The highest BCUT2D eigenvalue weighted by Crippen LogP contribution is 2.25. The number of halogens is 1. The van der Waals surface area contributed by atoms with Gasteiger partial charge in [0.1, 0.15) is 6.61 Å². The van der Waals surface area contributed by atoms with Crippen LogP contribution in [0.25, 0.3) is 11.2 Å². The average molecular weight is 407 g/mol. The van der Waals surface area contributed by atoms with Crippen LogP contribution in [-0.2, 0) is 17.8 Å². The van der Waals surface area contributed by atoms with E-state index < -0.39 is 0 Å². The van der Waals surface area contributed by atoms with Crippen LogP contribution in [0.4, 0.5) is 5.82 Å². The first-order valence-corrected chi connectivity index (χ1v) is 8.50. The standard InChI is InChI=1S/C16H19BrN6O2/c1-24-6-7-25-16-21-13(19)12-14(22-16)23(15(17)20-12)9-11-4-2-10(8-18)3-5-11/h2-5H,6-9,18H2,1H3,(H2,19,21,22). The number of anilines is 1. The smallest absolute Gasteiger partial charge is 0.320 e. The van der Waals surface area contributed by atoms with Gasteiger partial charge in [-0.1, -0.05) is 24.3 Å². The molecule has 2 aromatic heterocycles. The minimum Gasteiger partial charge on any atom is -0.461 e. The first-order valence-electron chi connectivity index (χ1n) is 7.71. The highest BCUT2D eigenvalue weighted by Gasteiger charge is 2.16. The first-order chi connectivity index (χ1) is 12.1. The number of aromatic nitrogens is 4. The molecule has 0 spiro atoms. The Labute approximate surface area is 153 Å². The molecule has 0 fully saturated rings. The molecule has 0 saturated heterocycles. The number of imidazole rings is 1. The van der Waals surface area contributed by atoms with Crippen molar-refractivity contribution in [3.63, 3.8) is 0 Å². The lowest BCUT2D eigenvalue weighted by Crippen LogP contribution is -2.09. The van der Waals surface area contributed by atoms with Gasteiger partial charge in [0, 0.05) is 13.7 Å². The lowest BCUT2D eigenvalue weighted by atomic mass is 10.1. The highest BCUT2D eigenvalue weighted by molar-refractivity contribution is 9.10. The average Bonchev–Trinajstić information content (AvgIpc) is 2.93. The minimum atomic E-state index is 0.203. The summed E-state index contributed by atoms with van der Waals surface area (Å²) in [6.07, 6.45) is 0. The second-order valence-corrected chi connectivity index (χ2v) is 6.10. The van der Waals surface area contributed by atoms with Crippen molar-refractivity contribution in [3.8, 4) is 6.01 Å². The van der Waals surface area contributed by atoms with Crippen LogP contribution in [0, 0.1) is 0 Å². The van der Waals surface area contributed by atoms with Crippen LogP contribution in [0.1, 0.15) is 11.1 Å². The topological polar surface area (TPSA) is 114 Å². The molecule has 0 radical (unpaired) electrons. The van der Waals surface area contributed by atoms with Gasteiger partial charge in [0.25, 0.3) is 0 Å². The Balaban J connectivity index is 1.94. The summed E-state index contributed by atoms with van der Waals surface area (Å²) in [5.74, 6) is 0.273. The van der Waals surface area contributed by atoms with Crippen LogP contribution in [0.5, 0.6) is 6.01 Å². The molecule has 0 unspecified atom stereocenters. The Bertz CT molecular complexity index is 865. The molecule has 3 aromatic rings. The maximum Gasteiger partial charge on any atom is 0.320 e. The van der Waals surface area contributed by atoms with E-state index in [9.17, 15) is 0 Å². The number of benzene rings is 1. The van der Waals surface area contributed by atoms with E-state index in [0.29, 0.717) is 42.2 Å². The van der Waals surface area contributed by atoms with E-state index in [4.69, 9.17) is 20.9 Å². The second-order valence-electron chi connectivity index (χ2n) is 5.39. The SMILES string of the molecule is COCCOc1nc(N)c2nc(Br)n(Cc3ccc(CN)cc3)c2n1. The highest BCUT2D eigenvalue weighted by atomic mass is 79.9. The molecule has 132 valence electrons. The Kier molecular flexibility index (Phi) is 5.47. The minimum absolute atomic E-state index is 0.203. The number of nitrogens with two attached hydrogens (primary N) is 2. The van der Waals surface area contributed by atoms with Crippen molar-refractivity contribution in [2.24, 2.45) is 5.73 Å². The number of nitrogens with zero attached hydrogens (tertiary/aromatic N) is 4. The van der Waals surface area contributed by atoms with Crippen molar-refractivity contribution < 1.29 is 9.47 Å². The molecule has 1 aromatic carbocycles. The van der Waals surface area contributed by atoms with Crippen molar-refractivity contribution in [2.75, 3.05) is 26.1 Å². The summed E-state index contributed by atoms with van der Waals surface area (Å²) in [6, 6.07) is 8.27. The molecule has 0 amide bonds. The molecule has 25 heavy (non-hydrogen) atoms. The van der Waals surface area contributed by atoms with Crippen molar-refractivity contribution in [1.82, 2.24) is 19.5 Å². The van der Waals surface area contributed by atoms with Gasteiger partial charge in [0.2, 0.25) is 0 Å². The van der Waals surface area contributed by atoms with Crippen LogP contribution >= 0.6 is 15.9 Å². The van der Waals surface area contributed by atoms with Crippen molar-refractivity contribution in [3.05, 3.63) is 40.1 Å². The Morgan fingerprint density at radius 2 is 1.80 bits per heavy atom. The van der Waals surface area contributed by atoms with Crippen LogP contribution in [0.15, 0.2) is 29.0 Å². The number of methoxy groups -OCH3 is 1. The molecule has 0 bridgehead atoms. The molecule has 0 aliphatic rings. The normalized spacial score (nSPS) is 11.2. The van der Waals surface area contributed by atoms with E-state index in [1.807, 2.05) is 28.8 Å². The van der Waals surface area contributed by atoms with Crippen molar-refractivity contribution in [2.45, 2.75) is 13.1 Å². The van der Waals surface area contributed by atoms with E-state index in [1.165, 1.54) is 0 Å². The van der Waals surface area contributed by atoms with Gasteiger partial charge in [0.05, 0.1) is 13.2 Å². The lowest BCUT2D eigenvalue weighted by molar-refractivity contribution is 0.141. The zero-order chi connectivity index (χ0) is 17.8. The van der Waals surface area contributed by atoms with Crippen LogP contribution in [-0.4, -0.2) is 39.8 Å². The molecule has 0 aliphatic heterocycles. The van der Waals surface area contributed by atoms with Gasteiger partial charge < -0.3 is 20.9 Å². The Morgan fingerprint density at radius 3 is 2.48 bits per heavy atom. The van der Waals surface area contributed by atoms with Crippen LogP contribution in [0.2, 0.25) is 0 Å². The maximum atomic E-state index is 6.00. The zero-order valence-corrected chi connectivity index (χ0v) is 15.4. The molecule has 2 heterocycles. The third-order valence-corrected chi connectivity index (χ3v) is 4.28. The van der Waals surface area contributed by atoms with Crippen molar-refractivity contribution in [1.29, 1.82) is 0 Å². The number of hydrogen-bond acceptors (Lipinski definition) is 7. The fourth-order valence-electron chi connectivity index (χ4n) is 2.36. The Hall–Kier alpha value is -2.23. The lowest BCUT2D eigenvalue weighted by Gasteiger charge is -2.08. The molecule has 4 N–H and O–H groups in total. The third-order valence-electron chi connectivity index (χ3n) is 3.67. The number of ether oxygens (including phenoxy) is 2. The quantitative estimate of drug-likeness (QED) is 0.453. The van der Waals surface area contributed by atoms with E-state index in [-0.39, 0.29) is 11.8 Å². The molecule has 0 atom stereocenters. The fourth-order valence-corrected chi connectivity index (χ4v) is 2.83. The van der Waals surface area contributed by atoms with Gasteiger partial charge in [-0.15, -0.1) is 0 Å². The van der Waals surface area contributed by atoms with E-state index in [2.05, 4.69) is 30.9 Å². The summed E-state index contributed by atoms with van der Waals surface area (Å²) in [5.41, 5.74) is 15.0.